The first-order chi connectivity index (χ1) is 7.09. The van der Waals surface area contributed by atoms with Crippen LogP contribution < -0.4 is 5.56 Å². The minimum atomic E-state index is -1.31. The average molecular weight is 206 g/mol. The van der Waals surface area contributed by atoms with E-state index in [-0.39, 0.29) is 17.1 Å². The molecule has 6 nitrogen and oxygen atoms in total. The Morgan fingerprint density at radius 1 is 1.47 bits per heavy atom. The maximum Gasteiger partial charge on any atom is 0.354 e. The van der Waals surface area contributed by atoms with Crippen LogP contribution in [-0.2, 0) is 0 Å². The highest BCUT2D eigenvalue weighted by molar-refractivity contribution is 5.86. The molecule has 0 unspecified atom stereocenters. The SMILES string of the molecule is O=C(O)c1cc(=O)n2cccc(O)c2n1. The van der Waals surface area contributed by atoms with E-state index in [9.17, 15) is 14.7 Å². The van der Waals surface area contributed by atoms with Gasteiger partial charge in [-0.1, -0.05) is 0 Å². The molecule has 0 aliphatic carbocycles. The van der Waals surface area contributed by atoms with Gasteiger partial charge in [0.25, 0.3) is 5.56 Å². The standard InChI is InChI=1S/C9H6N2O4/c12-6-2-1-3-11-7(13)4-5(9(14)15)10-8(6)11/h1-4,12H,(H,14,15). The molecule has 0 saturated heterocycles. The molecule has 2 N–H and O–H groups in total. The molecule has 15 heavy (non-hydrogen) atoms. The molecule has 2 aromatic rings. The monoisotopic (exact) mass is 206 g/mol. The van der Waals surface area contributed by atoms with Gasteiger partial charge in [-0.2, -0.15) is 0 Å². The van der Waals surface area contributed by atoms with Crippen molar-refractivity contribution in [2.24, 2.45) is 0 Å². The zero-order valence-electron chi connectivity index (χ0n) is 7.41. The Labute approximate surface area is 83.1 Å². The highest BCUT2D eigenvalue weighted by Crippen LogP contribution is 2.13. The van der Waals surface area contributed by atoms with Gasteiger partial charge in [0.2, 0.25) is 0 Å². The van der Waals surface area contributed by atoms with Gasteiger partial charge in [0.15, 0.2) is 17.1 Å². The molecular weight excluding hydrogens is 200 g/mol. The summed E-state index contributed by atoms with van der Waals surface area (Å²) in [5.41, 5.74) is -1.00. The van der Waals surface area contributed by atoms with Crippen LogP contribution in [0, 0.1) is 0 Å². The number of carbonyl (C=O) groups is 1. The fourth-order valence-corrected chi connectivity index (χ4v) is 1.22. The maximum absolute atomic E-state index is 11.4. The Morgan fingerprint density at radius 2 is 2.20 bits per heavy atom. The van der Waals surface area contributed by atoms with E-state index in [2.05, 4.69) is 4.98 Å². The lowest BCUT2D eigenvalue weighted by Crippen LogP contribution is -2.17. The smallest absolute Gasteiger partial charge is 0.354 e. The molecule has 6 heteroatoms. The second-order valence-electron chi connectivity index (χ2n) is 2.87. The number of aromatic carboxylic acids is 1. The summed E-state index contributed by atoms with van der Waals surface area (Å²) in [5, 5.41) is 18.1. The summed E-state index contributed by atoms with van der Waals surface area (Å²) in [7, 11) is 0. The first kappa shape index (κ1) is 9.20. The largest absolute Gasteiger partial charge is 0.504 e. The zero-order chi connectivity index (χ0) is 11.0. The molecule has 0 spiro atoms. The van der Waals surface area contributed by atoms with Gasteiger partial charge in [0, 0.05) is 12.3 Å². The predicted molar refractivity (Wildman–Crippen MR) is 50.1 cm³/mol. The number of rotatable bonds is 1. The van der Waals surface area contributed by atoms with E-state index in [4.69, 9.17) is 5.11 Å². The van der Waals surface area contributed by atoms with Gasteiger partial charge in [-0.15, -0.1) is 0 Å². The second-order valence-corrected chi connectivity index (χ2v) is 2.87. The third kappa shape index (κ3) is 1.41. The van der Waals surface area contributed by atoms with E-state index in [1.165, 1.54) is 18.3 Å². The summed E-state index contributed by atoms with van der Waals surface area (Å²) in [6.45, 7) is 0. The number of aromatic hydroxyl groups is 1. The van der Waals surface area contributed by atoms with E-state index in [0.29, 0.717) is 0 Å². The Hall–Kier alpha value is -2.37. The van der Waals surface area contributed by atoms with Crippen LogP contribution in [0.15, 0.2) is 29.2 Å². The maximum atomic E-state index is 11.4. The molecule has 0 aliphatic rings. The second kappa shape index (κ2) is 3.09. The van der Waals surface area contributed by atoms with Gasteiger partial charge in [-0.3, -0.25) is 9.20 Å². The Bertz CT molecular complexity index is 603. The highest BCUT2D eigenvalue weighted by Gasteiger charge is 2.10. The van der Waals surface area contributed by atoms with E-state index in [0.717, 1.165) is 10.5 Å². The van der Waals surface area contributed by atoms with E-state index >= 15 is 0 Å². The lowest BCUT2D eigenvalue weighted by Gasteiger charge is -2.01. The lowest BCUT2D eigenvalue weighted by atomic mass is 10.3. The summed E-state index contributed by atoms with van der Waals surface area (Å²) in [5.74, 6) is -1.55. The molecule has 0 fully saturated rings. The van der Waals surface area contributed by atoms with E-state index < -0.39 is 11.5 Å². The third-order valence-electron chi connectivity index (χ3n) is 1.89. The predicted octanol–water partition coefficient (Wildman–Crippen LogP) is 0.0983. The van der Waals surface area contributed by atoms with Crippen molar-refractivity contribution >= 4 is 11.6 Å². The van der Waals surface area contributed by atoms with Crippen molar-refractivity contribution in [3.05, 3.63) is 40.4 Å². The first-order valence-corrected chi connectivity index (χ1v) is 4.04. The highest BCUT2D eigenvalue weighted by atomic mass is 16.4. The molecule has 0 radical (unpaired) electrons. The van der Waals surface area contributed by atoms with Crippen LogP contribution in [0.25, 0.3) is 5.65 Å². The average Bonchev–Trinajstić information content (AvgIpc) is 2.19. The molecule has 2 rings (SSSR count). The van der Waals surface area contributed by atoms with Crippen LogP contribution in [0.4, 0.5) is 0 Å². The van der Waals surface area contributed by atoms with Crippen LogP contribution in [0.3, 0.4) is 0 Å². The van der Waals surface area contributed by atoms with Gasteiger partial charge in [0.1, 0.15) is 0 Å². The minimum Gasteiger partial charge on any atom is -0.504 e. The summed E-state index contributed by atoms with van der Waals surface area (Å²) in [4.78, 5) is 25.7. The normalized spacial score (nSPS) is 10.4. The topological polar surface area (TPSA) is 91.9 Å². The van der Waals surface area contributed by atoms with Gasteiger partial charge in [-0.05, 0) is 12.1 Å². The summed E-state index contributed by atoms with van der Waals surface area (Å²) >= 11 is 0. The van der Waals surface area contributed by atoms with Crippen molar-refractivity contribution in [1.29, 1.82) is 0 Å². The van der Waals surface area contributed by atoms with Crippen LogP contribution in [0.5, 0.6) is 5.75 Å². The lowest BCUT2D eigenvalue weighted by molar-refractivity contribution is 0.0690. The molecule has 0 saturated carbocycles. The number of carboxylic acid groups (broad SMARTS) is 1. The number of aromatic nitrogens is 2. The van der Waals surface area contributed by atoms with Crippen LogP contribution >= 0.6 is 0 Å². The summed E-state index contributed by atoms with van der Waals surface area (Å²) < 4.78 is 1.07. The number of hydrogen-bond donors (Lipinski definition) is 2. The summed E-state index contributed by atoms with van der Waals surface area (Å²) in [6.07, 6.45) is 1.40. The molecule has 0 bridgehead atoms. The molecule has 2 heterocycles. The van der Waals surface area contributed by atoms with Crippen molar-refractivity contribution in [3.8, 4) is 5.75 Å². The number of pyridine rings is 1. The van der Waals surface area contributed by atoms with Gasteiger partial charge in [-0.25, -0.2) is 9.78 Å². The van der Waals surface area contributed by atoms with E-state index in [1.54, 1.807) is 0 Å². The summed E-state index contributed by atoms with van der Waals surface area (Å²) in [6, 6.07) is 3.69. The zero-order valence-corrected chi connectivity index (χ0v) is 7.41. The number of hydrogen-bond acceptors (Lipinski definition) is 4. The van der Waals surface area contributed by atoms with Crippen molar-refractivity contribution in [2.75, 3.05) is 0 Å². The first-order valence-electron chi connectivity index (χ1n) is 4.04. The molecule has 0 amide bonds. The van der Waals surface area contributed by atoms with Crippen molar-refractivity contribution in [1.82, 2.24) is 9.38 Å². The van der Waals surface area contributed by atoms with Gasteiger partial charge < -0.3 is 10.2 Å². The van der Waals surface area contributed by atoms with Crippen LogP contribution in [0.1, 0.15) is 10.5 Å². The van der Waals surface area contributed by atoms with Crippen molar-refractivity contribution < 1.29 is 15.0 Å². The number of nitrogens with zero attached hydrogens (tertiary/aromatic N) is 2. The van der Waals surface area contributed by atoms with E-state index in [1.807, 2.05) is 0 Å². The molecule has 0 aromatic carbocycles. The fraction of sp³-hybridized carbons (Fsp3) is 0. The quantitative estimate of drug-likeness (QED) is 0.690. The van der Waals surface area contributed by atoms with Crippen molar-refractivity contribution in [3.63, 3.8) is 0 Å². The fourth-order valence-electron chi connectivity index (χ4n) is 1.22. The number of carboxylic acids is 1. The molecule has 76 valence electrons. The Kier molecular flexibility index (Phi) is 1.89. The Morgan fingerprint density at radius 3 is 2.87 bits per heavy atom. The third-order valence-corrected chi connectivity index (χ3v) is 1.89. The molecule has 2 aromatic heterocycles. The van der Waals surface area contributed by atoms with Crippen molar-refractivity contribution in [2.45, 2.75) is 0 Å². The van der Waals surface area contributed by atoms with Crippen LogP contribution in [-0.4, -0.2) is 25.6 Å². The molecular formula is C9H6N2O4. The van der Waals surface area contributed by atoms with Gasteiger partial charge >= 0.3 is 5.97 Å². The Balaban J connectivity index is 2.92. The van der Waals surface area contributed by atoms with Gasteiger partial charge in [0.05, 0.1) is 0 Å². The molecule has 0 aliphatic heterocycles. The number of fused-ring (bicyclic) bond motifs is 1. The molecule has 0 atom stereocenters. The van der Waals surface area contributed by atoms with Crippen LogP contribution in [0.2, 0.25) is 0 Å². The minimum absolute atomic E-state index is 0.0672.